The lowest BCUT2D eigenvalue weighted by Gasteiger charge is -2.06. The van der Waals surface area contributed by atoms with Gasteiger partial charge in [-0.2, -0.15) is 0 Å². The van der Waals surface area contributed by atoms with Crippen molar-refractivity contribution in [1.29, 1.82) is 0 Å². The maximum atomic E-state index is 12.0. The van der Waals surface area contributed by atoms with E-state index in [0.717, 1.165) is 22.6 Å². The molecule has 4 heteroatoms. The number of alkyl halides is 1. The van der Waals surface area contributed by atoms with E-state index < -0.39 is 0 Å². The molecule has 0 heterocycles. The van der Waals surface area contributed by atoms with E-state index in [4.69, 9.17) is 23.2 Å². The van der Waals surface area contributed by atoms with Gasteiger partial charge in [0.05, 0.1) is 0 Å². The molecule has 0 radical (unpaired) electrons. The fourth-order valence-electron chi connectivity index (χ4n) is 1.87. The van der Waals surface area contributed by atoms with Crippen LogP contribution in [0.2, 0.25) is 5.02 Å². The predicted octanol–water partition coefficient (Wildman–Crippen LogP) is 4.05. The molecule has 1 amide bonds. The lowest BCUT2D eigenvalue weighted by molar-refractivity contribution is 0.0954. The van der Waals surface area contributed by atoms with E-state index >= 15 is 0 Å². The van der Waals surface area contributed by atoms with E-state index in [1.54, 1.807) is 6.07 Å². The maximum absolute atomic E-state index is 12.0. The second kappa shape index (κ2) is 7.32. The zero-order valence-electron chi connectivity index (χ0n) is 10.9. The number of carbonyl (C=O) groups excluding carboxylic acids is 1. The number of hydrogen-bond acceptors (Lipinski definition) is 1. The molecule has 0 atom stereocenters. The smallest absolute Gasteiger partial charge is 0.251 e. The van der Waals surface area contributed by atoms with Crippen molar-refractivity contribution in [3.63, 3.8) is 0 Å². The molecule has 20 heavy (non-hydrogen) atoms. The molecule has 1 N–H and O–H groups in total. The second-order valence-corrected chi connectivity index (χ2v) is 5.17. The minimum Gasteiger partial charge on any atom is -0.352 e. The molecule has 0 aliphatic heterocycles. The molecule has 0 saturated carbocycles. The van der Waals surface area contributed by atoms with E-state index in [-0.39, 0.29) is 5.91 Å². The molecule has 0 aliphatic carbocycles. The summed E-state index contributed by atoms with van der Waals surface area (Å²) in [7, 11) is 0. The average molecular weight is 308 g/mol. The Kier molecular flexibility index (Phi) is 5.45. The number of carbonyl (C=O) groups is 1. The van der Waals surface area contributed by atoms with Crippen LogP contribution in [-0.4, -0.2) is 12.5 Å². The first-order chi connectivity index (χ1) is 9.69. The largest absolute Gasteiger partial charge is 0.352 e. The highest BCUT2D eigenvalue weighted by atomic mass is 35.5. The van der Waals surface area contributed by atoms with Gasteiger partial charge < -0.3 is 5.32 Å². The number of nitrogens with one attached hydrogen (secondary N) is 1. The summed E-state index contributed by atoms with van der Waals surface area (Å²) < 4.78 is 0. The van der Waals surface area contributed by atoms with Gasteiger partial charge in [-0.05, 0) is 41.8 Å². The Labute approximate surface area is 128 Å². The topological polar surface area (TPSA) is 29.1 Å². The van der Waals surface area contributed by atoms with Crippen molar-refractivity contribution in [3.05, 3.63) is 70.2 Å². The fourth-order valence-corrected chi connectivity index (χ4v) is 2.16. The van der Waals surface area contributed by atoms with E-state index in [9.17, 15) is 4.79 Å². The molecule has 0 saturated heterocycles. The summed E-state index contributed by atoms with van der Waals surface area (Å²) in [6.07, 6.45) is 0.776. The number of halogens is 2. The zero-order valence-corrected chi connectivity index (χ0v) is 12.4. The first-order valence-corrected chi connectivity index (χ1v) is 7.28. The van der Waals surface area contributed by atoms with Crippen molar-refractivity contribution in [3.8, 4) is 0 Å². The van der Waals surface area contributed by atoms with E-state index in [1.165, 1.54) is 0 Å². The van der Waals surface area contributed by atoms with Gasteiger partial charge in [-0.25, -0.2) is 0 Å². The number of benzene rings is 2. The van der Waals surface area contributed by atoms with Gasteiger partial charge in [-0.3, -0.25) is 4.79 Å². The van der Waals surface area contributed by atoms with E-state index in [1.807, 2.05) is 42.5 Å². The van der Waals surface area contributed by atoms with Gasteiger partial charge in [-0.15, -0.1) is 11.6 Å². The summed E-state index contributed by atoms with van der Waals surface area (Å²) in [4.78, 5) is 12.0. The van der Waals surface area contributed by atoms with Gasteiger partial charge >= 0.3 is 0 Å². The zero-order chi connectivity index (χ0) is 14.4. The first kappa shape index (κ1) is 14.9. The summed E-state index contributed by atoms with van der Waals surface area (Å²) in [5, 5.41) is 3.62. The third-order valence-corrected chi connectivity index (χ3v) is 3.52. The molecule has 0 spiro atoms. The predicted molar refractivity (Wildman–Crippen MR) is 83.5 cm³/mol. The van der Waals surface area contributed by atoms with Crippen molar-refractivity contribution < 1.29 is 4.79 Å². The number of rotatable bonds is 5. The van der Waals surface area contributed by atoms with Crippen LogP contribution in [0.15, 0.2) is 48.5 Å². The van der Waals surface area contributed by atoms with Crippen molar-refractivity contribution in [1.82, 2.24) is 5.32 Å². The SMILES string of the molecule is O=C(NCCc1ccc(Cl)cc1)c1cccc(CCl)c1. The Bertz CT molecular complexity index is 581. The molecule has 2 nitrogen and oxygen atoms in total. The van der Waals surface area contributed by atoms with Crippen LogP contribution in [0.25, 0.3) is 0 Å². The maximum Gasteiger partial charge on any atom is 0.251 e. The standard InChI is InChI=1S/C16H15Cl2NO/c17-11-13-2-1-3-14(10-13)16(20)19-9-8-12-4-6-15(18)7-5-12/h1-7,10H,8-9,11H2,(H,19,20). The molecular formula is C16H15Cl2NO. The van der Waals surface area contributed by atoms with Crippen LogP contribution < -0.4 is 5.32 Å². The monoisotopic (exact) mass is 307 g/mol. The van der Waals surface area contributed by atoms with Gasteiger partial charge in [0.2, 0.25) is 0 Å². The van der Waals surface area contributed by atoms with Gasteiger partial charge in [0.25, 0.3) is 5.91 Å². The van der Waals surface area contributed by atoms with Crippen LogP contribution >= 0.6 is 23.2 Å². The molecule has 2 aromatic carbocycles. The van der Waals surface area contributed by atoms with Crippen molar-refractivity contribution in [2.45, 2.75) is 12.3 Å². The highest BCUT2D eigenvalue weighted by Crippen LogP contribution is 2.10. The van der Waals surface area contributed by atoms with Gasteiger partial charge in [0, 0.05) is 23.0 Å². The highest BCUT2D eigenvalue weighted by molar-refractivity contribution is 6.30. The van der Waals surface area contributed by atoms with Crippen molar-refractivity contribution in [2.75, 3.05) is 6.54 Å². The van der Waals surface area contributed by atoms with Crippen LogP contribution in [0.5, 0.6) is 0 Å². The Morgan fingerprint density at radius 1 is 1.05 bits per heavy atom. The molecule has 2 aromatic rings. The molecule has 0 bridgehead atoms. The second-order valence-electron chi connectivity index (χ2n) is 4.47. The molecule has 0 unspecified atom stereocenters. The Morgan fingerprint density at radius 3 is 2.50 bits per heavy atom. The first-order valence-electron chi connectivity index (χ1n) is 6.36. The molecule has 0 aliphatic rings. The number of amides is 1. The Balaban J connectivity index is 1.87. The summed E-state index contributed by atoms with van der Waals surface area (Å²) in [5.41, 5.74) is 2.72. The molecule has 2 rings (SSSR count). The fraction of sp³-hybridized carbons (Fsp3) is 0.188. The minimum atomic E-state index is -0.0778. The molecule has 0 aromatic heterocycles. The lowest BCUT2D eigenvalue weighted by atomic mass is 10.1. The molecular weight excluding hydrogens is 293 g/mol. The Morgan fingerprint density at radius 2 is 1.80 bits per heavy atom. The summed E-state index contributed by atoms with van der Waals surface area (Å²) in [5.74, 6) is 0.331. The normalized spacial score (nSPS) is 10.3. The molecule has 0 fully saturated rings. The third-order valence-electron chi connectivity index (χ3n) is 2.96. The van der Waals surface area contributed by atoms with Crippen LogP contribution in [-0.2, 0) is 12.3 Å². The van der Waals surface area contributed by atoms with Crippen LogP contribution in [0, 0.1) is 0 Å². The van der Waals surface area contributed by atoms with Gasteiger partial charge in [0.15, 0.2) is 0 Å². The van der Waals surface area contributed by atoms with Crippen molar-refractivity contribution in [2.24, 2.45) is 0 Å². The highest BCUT2D eigenvalue weighted by Gasteiger charge is 2.05. The Hall–Kier alpha value is -1.51. The van der Waals surface area contributed by atoms with Gasteiger partial charge in [0.1, 0.15) is 0 Å². The quantitative estimate of drug-likeness (QED) is 0.830. The summed E-state index contributed by atoms with van der Waals surface area (Å²) >= 11 is 11.6. The van der Waals surface area contributed by atoms with Crippen LogP contribution in [0.4, 0.5) is 0 Å². The van der Waals surface area contributed by atoms with Crippen LogP contribution in [0.3, 0.4) is 0 Å². The van der Waals surface area contributed by atoms with Crippen molar-refractivity contribution >= 4 is 29.1 Å². The third kappa shape index (κ3) is 4.26. The molecule has 104 valence electrons. The lowest BCUT2D eigenvalue weighted by Crippen LogP contribution is -2.25. The minimum absolute atomic E-state index is 0.0778. The van der Waals surface area contributed by atoms with Gasteiger partial charge in [-0.1, -0.05) is 35.9 Å². The summed E-state index contributed by atoms with van der Waals surface area (Å²) in [6.45, 7) is 0.589. The summed E-state index contributed by atoms with van der Waals surface area (Å²) in [6, 6.07) is 15.0. The van der Waals surface area contributed by atoms with Crippen LogP contribution in [0.1, 0.15) is 21.5 Å². The number of hydrogen-bond donors (Lipinski definition) is 1. The average Bonchev–Trinajstić information content (AvgIpc) is 2.49. The van der Waals surface area contributed by atoms with E-state index in [0.29, 0.717) is 18.0 Å². The van der Waals surface area contributed by atoms with E-state index in [2.05, 4.69) is 5.32 Å².